The molecule has 0 fully saturated rings. The Bertz CT molecular complexity index is 1010. The van der Waals surface area contributed by atoms with Gasteiger partial charge in [0.15, 0.2) is 5.69 Å². The summed E-state index contributed by atoms with van der Waals surface area (Å²) in [5.74, 6) is -0.598. The van der Waals surface area contributed by atoms with Crippen molar-refractivity contribution in [1.29, 1.82) is 0 Å². The number of nitrogens with zero attached hydrogens (tertiary/aromatic N) is 3. The lowest BCUT2D eigenvalue weighted by molar-refractivity contribution is -0.385. The van der Waals surface area contributed by atoms with Crippen molar-refractivity contribution in [3.63, 3.8) is 0 Å². The number of aromatic nitrogens is 2. The number of nitrogen functional groups attached to an aromatic ring is 1. The third-order valence-corrected chi connectivity index (χ3v) is 4.50. The number of aromatic amines is 1. The predicted molar refractivity (Wildman–Crippen MR) is 110 cm³/mol. The van der Waals surface area contributed by atoms with E-state index in [-0.39, 0.29) is 42.3 Å². The number of para-hydroxylation sites is 1. The summed E-state index contributed by atoms with van der Waals surface area (Å²) in [6, 6.07) is 5.94. The Hall–Kier alpha value is -3.43. The van der Waals surface area contributed by atoms with Gasteiger partial charge in [0, 0.05) is 24.7 Å². The van der Waals surface area contributed by atoms with Crippen LogP contribution < -0.4 is 21.9 Å². The Morgan fingerprint density at radius 1 is 1.24 bits per heavy atom. The van der Waals surface area contributed by atoms with Crippen LogP contribution >= 0.6 is 0 Å². The van der Waals surface area contributed by atoms with Crippen molar-refractivity contribution in [2.45, 2.75) is 46.1 Å². The Morgan fingerprint density at radius 2 is 1.93 bits per heavy atom. The Kier molecular flexibility index (Phi) is 7.29. The minimum absolute atomic E-state index is 0.0902. The number of carbonyl (C=O) groups excluding carboxylic acids is 1. The molecule has 156 valence electrons. The SMILES string of the molecule is CCCCN(C(=O)Cc1ccccc1[N+](=O)[O-])c1c(N)n(CCC)c(=O)[nH]c1=O. The van der Waals surface area contributed by atoms with Crippen LogP contribution in [-0.2, 0) is 17.8 Å². The number of benzene rings is 1. The van der Waals surface area contributed by atoms with Crippen molar-refractivity contribution >= 4 is 23.1 Å². The van der Waals surface area contributed by atoms with Gasteiger partial charge in [0.05, 0.1) is 11.3 Å². The predicted octanol–water partition coefficient (Wildman–Crippen LogP) is 1.81. The molecule has 0 spiro atoms. The van der Waals surface area contributed by atoms with E-state index in [0.717, 1.165) is 6.42 Å². The van der Waals surface area contributed by atoms with Crippen molar-refractivity contribution < 1.29 is 9.72 Å². The molecule has 29 heavy (non-hydrogen) atoms. The highest BCUT2D eigenvalue weighted by molar-refractivity contribution is 5.97. The number of carbonyl (C=O) groups is 1. The van der Waals surface area contributed by atoms with Crippen molar-refractivity contribution in [3.05, 3.63) is 60.8 Å². The highest BCUT2D eigenvalue weighted by atomic mass is 16.6. The number of H-pyrrole nitrogens is 1. The number of hydrogen-bond donors (Lipinski definition) is 2. The molecule has 0 unspecified atom stereocenters. The molecule has 2 rings (SSSR count). The number of amides is 1. The van der Waals surface area contributed by atoms with Gasteiger partial charge in [-0.2, -0.15) is 0 Å². The quantitative estimate of drug-likeness (QED) is 0.482. The monoisotopic (exact) mass is 403 g/mol. The molecule has 1 aromatic heterocycles. The molecule has 0 radical (unpaired) electrons. The normalized spacial score (nSPS) is 10.7. The zero-order chi connectivity index (χ0) is 21.6. The fourth-order valence-electron chi connectivity index (χ4n) is 3.06. The number of unbranched alkanes of at least 4 members (excludes halogenated alkanes) is 1. The van der Waals surface area contributed by atoms with E-state index in [9.17, 15) is 24.5 Å². The molecule has 10 nitrogen and oxygen atoms in total. The van der Waals surface area contributed by atoms with E-state index >= 15 is 0 Å². The number of hydrogen-bond acceptors (Lipinski definition) is 6. The number of nitrogens with two attached hydrogens (primary N) is 1. The van der Waals surface area contributed by atoms with Crippen LogP contribution in [0, 0.1) is 10.1 Å². The third kappa shape index (κ3) is 4.89. The molecular weight excluding hydrogens is 378 g/mol. The summed E-state index contributed by atoms with van der Waals surface area (Å²) in [4.78, 5) is 51.8. The van der Waals surface area contributed by atoms with Crippen molar-refractivity contribution in [1.82, 2.24) is 9.55 Å². The maximum Gasteiger partial charge on any atom is 0.330 e. The summed E-state index contributed by atoms with van der Waals surface area (Å²) in [6.45, 7) is 4.27. The second-order valence-electron chi connectivity index (χ2n) is 6.61. The van der Waals surface area contributed by atoms with Gasteiger partial charge >= 0.3 is 5.69 Å². The largest absolute Gasteiger partial charge is 0.383 e. The standard InChI is InChI=1S/C19H25N5O5/c1-3-5-11-22(15(25)12-13-8-6-7-9-14(13)24(28)29)16-17(20)23(10-4-2)19(27)21-18(16)26/h6-9H,3-5,10-12,20H2,1-2H3,(H,21,26,27). The van der Waals surface area contributed by atoms with E-state index in [1.807, 2.05) is 13.8 Å². The van der Waals surface area contributed by atoms with E-state index in [2.05, 4.69) is 4.98 Å². The van der Waals surface area contributed by atoms with Crippen molar-refractivity contribution in [2.75, 3.05) is 17.2 Å². The zero-order valence-corrected chi connectivity index (χ0v) is 16.5. The zero-order valence-electron chi connectivity index (χ0n) is 16.5. The Balaban J connectivity index is 2.52. The molecule has 0 aliphatic heterocycles. The molecular formula is C19H25N5O5. The summed E-state index contributed by atoms with van der Waals surface area (Å²) in [6.07, 6.45) is 1.68. The van der Waals surface area contributed by atoms with Gasteiger partial charge in [0.2, 0.25) is 5.91 Å². The number of nitro groups is 1. The molecule has 0 aliphatic rings. The van der Waals surface area contributed by atoms with Crippen molar-refractivity contribution in [3.8, 4) is 0 Å². The lowest BCUT2D eigenvalue weighted by Crippen LogP contribution is -2.42. The molecule has 0 bridgehead atoms. The summed E-state index contributed by atoms with van der Waals surface area (Å²) >= 11 is 0. The van der Waals surface area contributed by atoms with Gasteiger partial charge in [-0.1, -0.05) is 38.5 Å². The maximum atomic E-state index is 13.1. The Labute approximate surface area is 167 Å². The molecule has 0 saturated heterocycles. The van der Waals surface area contributed by atoms with Gasteiger partial charge in [-0.05, 0) is 12.8 Å². The molecule has 3 N–H and O–H groups in total. The molecule has 1 heterocycles. The molecule has 0 aliphatic carbocycles. The van der Waals surface area contributed by atoms with Crippen LogP contribution in [0.25, 0.3) is 0 Å². The number of anilines is 2. The first-order valence-corrected chi connectivity index (χ1v) is 9.47. The van der Waals surface area contributed by atoms with E-state index < -0.39 is 22.1 Å². The third-order valence-electron chi connectivity index (χ3n) is 4.50. The molecule has 0 saturated carbocycles. The van der Waals surface area contributed by atoms with Crippen LogP contribution in [0.5, 0.6) is 0 Å². The summed E-state index contributed by atoms with van der Waals surface area (Å²) in [5.41, 5.74) is 4.66. The van der Waals surface area contributed by atoms with Crippen LogP contribution in [0.15, 0.2) is 33.9 Å². The minimum Gasteiger partial charge on any atom is -0.383 e. The first-order valence-electron chi connectivity index (χ1n) is 9.47. The first-order chi connectivity index (χ1) is 13.8. The van der Waals surface area contributed by atoms with E-state index in [1.54, 1.807) is 6.07 Å². The molecule has 0 atom stereocenters. The highest BCUT2D eigenvalue weighted by Crippen LogP contribution is 2.22. The molecule has 1 aromatic carbocycles. The van der Waals surface area contributed by atoms with Gasteiger partial charge in [0.25, 0.3) is 11.2 Å². The van der Waals surface area contributed by atoms with Gasteiger partial charge in [0.1, 0.15) is 5.82 Å². The second-order valence-corrected chi connectivity index (χ2v) is 6.61. The van der Waals surface area contributed by atoms with E-state index in [0.29, 0.717) is 12.8 Å². The van der Waals surface area contributed by atoms with Crippen LogP contribution in [0.3, 0.4) is 0 Å². The van der Waals surface area contributed by atoms with Crippen LogP contribution in [0.4, 0.5) is 17.2 Å². The van der Waals surface area contributed by atoms with Crippen LogP contribution in [0.1, 0.15) is 38.7 Å². The fraction of sp³-hybridized carbons (Fsp3) is 0.421. The van der Waals surface area contributed by atoms with E-state index in [4.69, 9.17) is 5.73 Å². The minimum atomic E-state index is -0.758. The van der Waals surface area contributed by atoms with Gasteiger partial charge in [-0.15, -0.1) is 0 Å². The summed E-state index contributed by atoms with van der Waals surface area (Å²) in [7, 11) is 0. The number of rotatable bonds is 9. The summed E-state index contributed by atoms with van der Waals surface area (Å²) < 4.78 is 1.22. The highest BCUT2D eigenvalue weighted by Gasteiger charge is 2.26. The maximum absolute atomic E-state index is 13.1. The number of nitro benzene ring substituents is 1. The average Bonchev–Trinajstić information content (AvgIpc) is 2.67. The topological polar surface area (TPSA) is 144 Å². The van der Waals surface area contributed by atoms with Crippen LogP contribution in [-0.4, -0.2) is 26.9 Å². The van der Waals surface area contributed by atoms with Crippen LogP contribution in [0.2, 0.25) is 0 Å². The lowest BCUT2D eigenvalue weighted by Gasteiger charge is -2.24. The average molecular weight is 403 g/mol. The summed E-state index contributed by atoms with van der Waals surface area (Å²) in [5, 5.41) is 11.2. The Morgan fingerprint density at radius 3 is 2.55 bits per heavy atom. The lowest BCUT2D eigenvalue weighted by atomic mass is 10.1. The smallest absolute Gasteiger partial charge is 0.330 e. The van der Waals surface area contributed by atoms with Gasteiger partial charge in [-0.3, -0.25) is 29.3 Å². The van der Waals surface area contributed by atoms with Gasteiger partial charge < -0.3 is 10.6 Å². The van der Waals surface area contributed by atoms with Crippen molar-refractivity contribution in [2.24, 2.45) is 0 Å². The fourth-order valence-corrected chi connectivity index (χ4v) is 3.06. The van der Waals surface area contributed by atoms with E-state index in [1.165, 1.54) is 27.7 Å². The molecule has 1 amide bonds. The second kappa shape index (κ2) is 9.67. The molecule has 2 aromatic rings. The molecule has 10 heteroatoms. The first kappa shape index (κ1) is 21.9. The van der Waals surface area contributed by atoms with Gasteiger partial charge in [-0.25, -0.2) is 4.79 Å². The number of nitrogens with one attached hydrogen (secondary N) is 1.